The predicted octanol–water partition coefficient (Wildman–Crippen LogP) is 5.11. The van der Waals surface area contributed by atoms with Gasteiger partial charge in [-0.15, -0.1) is 0 Å². The highest BCUT2D eigenvalue weighted by molar-refractivity contribution is 6.31. The summed E-state index contributed by atoms with van der Waals surface area (Å²) in [5.41, 5.74) is 3.99. The Morgan fingerprint density at radius 1 is 0.964 bits per heavy atom. The average molecular weight is 394 g/mol. The van der Waals surface area contributed by atoms with Gasteiger partial charge in [0.05, 0.1) is 11.1 Å². The van der Waals surface area contributed by atoms with E-state index in [1.54, 1.807) is 24.3 Å². The number of carbonyl (C=O) groups is 2. The van der Waals surface area contributed by atoms with Crippen LogP contribution in [0.15, 0.2) is 60.9 Å². The third-order valence-electron chi connectivity index (χ3n) is 4.32. The third kappa shape index (κ3) is 4.56. The molecule has 1 aromatic heterocycles. The molecule has 0 fully saturated rings. The number of nitrogens with one attached hydrogen (secondary N) is 2. The number of para-hydroxylation sites is 1. The second kappa shape index (κ2) is 8.67. The number of anilines is 2. The van der Waals surface area contributed by atoms with E-state index in [0.717, 1.165) is 23.2 Å². The molecule has 0 spiro atoms. The lowest BCUT2D eigenvalue weighted by Crippen LogP contribution is -2.17. The second-order valence-electron chi connectivity index (χ2n) is 6.34. The van der Waals surface area contributed by atoms with Crippen molar-refractivity contribution in [3.63, 3.8) is 0 Å². The molecule has 142 valence electrons. The maximum Gasteiger partial charge on any atom is 0.257 e. The number of aryl methyl sites for hydroxylation is 2. The van der Waals surface area contributed by atoms with Gasteiger partial charge in [0.15, 0.2) is 0 Å². The van der Waals surface area contributed by atoms with Gasteiger partial charge < -0.3 is 10.6 Å². The molecule has 0 aliphatic heterocycles. The number of rotatable bonds is 5. The van der Waals surface area contributed by atoms with E-state index in [9.17, 15) is 9.59 Å². The highest BCUT2D eigenvalue weighted by atomic mass is 35.5. The number of hydrogen-bond acceptors (Lipinski definition) is 3. The van der Waals surface area contributed by atoms with Crippen molar-refractivity contribution in [2.24, 2.45) is 0 Å². The molecule has 0 aliphatic rings. The van der Waals surface area contributed by atoms with Crippen molar-refractivity contribution < 1.29 is 9.59 Å². The van der Waals surface area contributed by atoms with Crippen LogP contribution in [0.5, 0.6) is 0 Å². The van der Waals surface area contributed by atoms with Gasteiger partial charge in [-0.25, -0.2) is 0 Å². The Hall–Kier alpha value is -3.18. The molecule has 3 rings (SSSR count). The number of amides is 2. The molecule has 2 N–H and O–H groups in total. The molecule has 1 heterocycles. The molecule has 0 radical (unpaired) electrons. The number of pyridine rings is 1. The lowest BCUT2D eigenvalue weighted by molar-refractivity contribution is 0.102. The molecular weight excluding hydrogens is 374 g/mol. The van der Waals surface area contributed by atoms with Crippen LogP contribution in [0.2, 0.25) is 5.02 Å². The van der Waals surface area contributed by atoms with Crippen LogP contribution in [0.4, 0.5) is 11.4 Å². The highest BCUT2D eigenvalue weighted by Crippen LogP contribution is 2.22. The van der Waals surface area contributed by atoms with E-state index < -0.39 is 0 Å². The van der Waals surface area contributed by atoms with Crippen LogP contribution in [0.1, 0.15) is 38.8 Å². The van der Waals surface area contributed by atoms with Crippen molar-refractivity contribution in [2.45, 2.75) is 20.3 Å². The van der Waals surface area contributed by atoms with Crippen molar-refractivity contribution in [2.75, 3.05) is 10.6 Å². The Labute approximate surface area is 168 Å². The zero-order valence-corrected chi connectivity index (χ0v) is 16.4. The van der Waals surface area contributed by atoms with Crippen molar-refractivity contribution in [1.82, 2.24) is 4.98 Å². The summed E-state index contributed by atoms with van der Waals surface area (Å²) in [4.78, 5) is 29.2. The topological polar surface area (TPSA) is 71.1 Å². The van der Waals surface area contributed by atoms with Crippen molar-refractivity contribution >= 4 is 34.8 Å². The highest BCUT2D eigenvalue weighted by Gasteiger charge is 2.14. The van der Waals surface area contributed by atoms with Gasteiger partial charge in [-0.3, -0.25) is 14.6 Å². The zero-order chi connectivity index (χ0) is 20.1. The molecule has 3 aromatic rings. The zero-order valence-electron chi connectivity index (χ0n) is 15.6. The Morgan fingerprint density at radius 2 is 1.64 bits per heavy atom. The summed E-state index contributed by atoms with van der Waals surface area (Å²) in [6.07, 6.45) is 3.66. The minimum Gasteiger partial charge on any atom is -0.322 e. The van der Waals surface area contributed by atoms with Crippen LogP contribution in [0.25, 0.3) is 0 Å². The van der Waals surface area contributed by atoms with Gasteiger partial charge in [0, 0.05) is 28.8 Å². The fourth-order valence-electron chi connectivity index (χ4n) is 2.85. The first kappa shape index (κ1) is 19.6. The summed E-state index contributed by atoms with van der Waals surface area (Å²) >= 11 is 5.94. The summed E-state index contributed by atoms with van der Waals surface area (Å²) in [5, 5.41) is 6.21. The van der Waals surface area contributed by atoms with Crippen LogP contribution >= 0.6 is 11.6 Å². The van der Waals surface area contributed by atoms with Gasteiger partial charge in [0.2, 0.25) is 0 Å². The lowest BCUT2D eigenvalue weighted by Gasteiger charge is -2.13. The fraction of sp³-hybridized carbons (Fsp3) is 0.136. The van der Waals surface area contributed by atoms with E-state index in [4.69, 9.17) is 11.6 Å². The van der Waals surface area contributed by atoms with Crippen LogP contribution in [0.3, 0.4) is 0 Å². The predicted molar refractivity (Wildman–Crippen MR) is 112 cm³/mol. The van der Waals surface area contributed by atoms with Gasteiger partial charge in [0.1, 0.15) is 0 Å². The Balaban J connectivity index is 1.79. The maximum atomic E-state index is 12.7. The number of halogens is 1. The first-order valence-electron chi connectivity index (χ1n) is 8.89. The molecule has 6 heteroatoms. The van der Waals surface area contributed by atoms with Crippen LogP contribution < -0.4 is 10.6 Å². The van der Waals surface area contributed by atoms with Gasteiger partial charge in [-0.2, -0.15) is 0 Å². The van der Waals surface area contributed by atoms with Gasteiger partial charge in [0.25, 0.3) is 11.8 Å². The van der Waals surface area contributed by atoms with Crippen molar-refractivity contribution in [3.8, 4) is 0 Å². The molecule has 0 atom stereocenters. The number of hydrogen-bond donors (Lipinski definition) is 2. The number of benzene rings is 2. The van der Waals surface area contributed by atoms with E-state index in [1.807, 2.05) is 32.0 Å². The van der Waals surface area contributed by atoms with Gasteiger partial charge in [-0.1, -0.05) is 42.8 Å². The summed E-state index contributed by atoms with van der Waals surface area (Å²) in [6, 6.07) is 14.3. The Bertz CT molecular complexity index is 1030. The van der Waals surface area contributed by atoms with Crippen molar-refractivity contribution in [3.05, 3.63) is 88.2 Å². The first-order valence-corrected chi connectivity index (χ1v) is 9.27. The standard InChI is InChI=1S/C22H20ClN3O2/c1-3-15-7-4-6-14(2)20(15)26-22(28)17-10-16(12-24-13-17)21(27)25-19-9-5-8-18(23)11-19/h4-13H,3H2,1-2H3,(H,25,27)(H,26,28). The number of carbonyl (C=O) groups excluding carboxylic acids is 2. The normalized spacial score (nSPS) is 10.4. The second-order valence-corrected chi connectivity index (χ2v) is 6.78. The molecule has 0 aliphatic carbocycles. The van der Waals surface area contributed by atoms with E-state index >= 15 is 0 Å². The van der Waals surface area contributed by atoms with Crippen LogP contribution in [-0.4, -0.2) is 16.8 Å². The smallest absolute Gasteiger partial charge is 0.257 e. The van der Waals surface area contributed by atoms with E-state index in [1.165, 1.54) is 18.5 Å². The molecule has 0 bridgehead atoms. The number of nitrogens with zero attached hydrogens (tertiary/aromatic N) is 1. The van der Waals surface area contributed by atoms with Gasteiger partial charge in [-0.05, 0) is 48.7 Å². The number of aromatic nitrogens is 1. The van der Waals surface area contributed by atoms with Gasteiger partial charge >= 0.3 is 0 Å². The average Bonchev–Trinajstić information content (AvgIpc) is 2.69. The fourth-order valence-corrected chi connectivity index (χ4v) is 3.04. The first-order chi connectivity index (χ1) is 13.5. The monoisotopic (exact) mass is 393 g/mol. The van der Waals surface area contributed by atoms with Crippen LogP contribution in [0, 0.1) is 6.92 Å². The summed E-state index contributed by atoms with van der Waals surface area (Å²) < 4.78 is 0. The third-order valence-corrected chi connectivity index (χ3v) is 4.56. The summed E-state index contributed by atoms with van der Waals surface area (Å²) in [6.45, 7) is 3.98. The molecule has 0 unspecified atom stereocenters. The molecule has 0 saturated carbocycles. The van der Waals surface area contributed by atoms with Crippen molar-refractivity contribution in [1.29, 1.82) is 0 Å². The molecule has 2 amide bonds. The molecular formula is C22H20ClN3O2. The quantitative estimate of drug-likeness (QED) is 0.632. The van der Waals surface area contributed by atoms with E-state index in [-0.39, 0.29) is 17.4 Å². The summed E-state index contributed by atoms with van der Waals surface area (Å²) in [7, 11) is 0. The lowest BCUT2D eigenvalue weighted by atomic mass is 10.1. The molecule has 28 heavy (non-hydrogen) atoms. The summed E-state index contributed by atoms with van der Waals surface area (Å²) in [5.74, 6) is -0.677. The minimum absolute atomic E-state index is 0.285. The Kier molecular flexibility index (Phi) is 6.06. The largest absolute Gasteiger partial charge is 0.322 e. The van der Waals surface area contributed by atoms with E-state index in [0.29, 0.717) is 16.3 Å². The van der Waals surface area contributed by atoms with E-state index in [2.05, 4.69) is 15.6 Å². The molecule has 2 aromatic carbocycles. The molecule has 0 saturated heterocycles. The SMILES string of the molecule is CCc1cccc(C)c1NC(=O)c1cncc(C(=O)Nc2cccc(Cl)c2)c1. The maximum absolute atomic E-state index is 12.7. The Morgan fingerprint density at radius 3 is 2.32 bits per heavy atom. The van der Waals surface area contributed by atoms with Crippen LogP contribution in [-0.2, 0) is 6.42 Å². The molecule has 5 nitrogen and oxygen atoms in total. The minimum atomic E-state index is -0.366.